The van der Waals surface area contributed by atoms with Crippen molar-refractivity contribution >= 4 is 58.2 Å². The van der Waals surface area contributed by atoms with Gasteiger partial charge in [0.05, 0.1) is 39.6 Å². The van der Waals surface area contributed by atoms with Crippen LogP contribution >= 0.6 is 46.1 Å². The zero-order valence-corrected chi connectivity index (χ0v) is 25.5. The highest BCUT2D eigenvalue weighted by Gasteiger charge is 2.36. The third kappa shape index (κ3) is 5.62. The van der Waals surface area contributed by atoms with E-state index >= 15 is 0 Å². The predicted molar refractivity (Wildman–Crippen MR) is 162 cm³/mol. The van der Waals surface area contributed by atoms with Crippen LogP contribution < -0.4 is 19.6 Å². The van der Waals surface area contributed by atoms with Crippen molar-refractivity contribution in [2.75, 3.05) is 13.7 Å². The molecule has 4 aromatic rings. The average Bonchev–Trinajstić information content (AvgIpc) is 3.54. The predicted octanol–water partition coefficient (Wildman–Crippen LogP) is 6.81. The lowest BCUT2D eigenvalue weighted by atomic mass is 9.93. The summed E-state index contributed by atoms with van der Waals surface area (Å²) < 4.78 is 19.0. The van der Waals surface area contributed by atoms with E-state index in [0.717, 1.165) is 6.42 Å². The van der Waals surface area contributed by atoms with Crippen LogP contribution in [-0.4, -0.2) is 24.3 Å². The highest BCUT2D eigenvalue weighted by Crippen LogP contribution is 2.38. The quantitative estimate of drug-likeness (QED) is 0.200. The van der Waals surface area contributed by atoms with E-state index in [1.54, 1.807) is 61.5 Å². The third-order valence-electron chi connectivity index (χ3n) is 6.50. The summed E-state index contributed by atoms with van der Waals surface area (Å²) in [5, 5.41) is 1.22. The van der Waals surface area contributed by atoms with E-state index in [4.69, 9.17) is 53.7 Å². The molecule has 41 heavy (non-hydrogen) atoms. The van der Waals surface area contributed by atoms with Crippen molar-refractivity contribution in [3.8, 4) is 17.1 Å². The number of esters is 1. The number of carbonyl (C=O) groups excluding carboxylic acids is 1. The molecule has 3 heterocycles. The summed E-state index contributed by atoms with van der Waals surface area (Å²) in [4.78, 5) is 32.6. The molecule has 0 saturated heterocycles. The van der Waals surface area contributed by atoms with E-state index in [2.05, 4.69) is 0 Å². The van der Waals surface area contributed by atoms with Crippen LogP contribution in [0.1, 0.15) is 44.1 Å². The first-order valence-electron chi connectivity index (χ1n) is 12.9. The molecular formula is C30H25Cl3N2O5S. The number of nitrogens with zero attached hydrogens (tertiary/aromatic N) is 2. The van der Waals surface area contributed by atoms with Gasteiger partial charge in [0.1, 0.15) is 23.3 Å². The first kappa shape index (κ1) is 29.2. The maximum absolute atomic E-state index is 14.0. The Kier molecular flexibility index (Phi) is 8.75. The molecule has 0 spiro atoms. The van der Waals surface area contributed by atoms with E-state index in [9.17, 15) is 9.59 Å². The molecule has 2 aromatic heterocycles. The number of hydrogen-bond donors (Lipinski definition) is 0. The normalized spacial score (nSPS) is 15.1. The SMILES string of the molecule is CCCC1=C(C(=O)OCC)[C@H](c2cc(Cl)ccc2OC)n2c(s/c(=C/c3ccc(-c4cccc(Cl)c4Cl)o3)c2=O)=N1. The lowest BCUT2D eigenvalue weighted by Gasteiger charge is -2.27. The summed E-state index contributed by atoms with van der Waals surface area (Å²) in [6.07, 6.45) is 2.89. The maximum atomic E-state index is 14.0. The molecule has 0 aliphatic carbocycles. The monoisotopic (exact) mass is 630 g/mol. The summed E-state index contributed by atoms with van der Waals surface area (Å²) in [5.74, 6) is 0.877. The standard InChI is InChI=1S/C30H25Cl3N2O5S/c1-4-7-21-25(29(37)39-5-2)27(19-14-16(31)10-12-22(19)38-3)35-28(36)24(41-30(35)34-21)15-17-11-13-23(40-17)18-8-6-9-20(32)26(18)33/h6,8-15,27H,4-5,7H2,1-3H3/b24-15+/t27-/m0/s1. The van der Waals surface area contributed by atoms with Gasteiger partial charge in [-0.15, -0.1) is 0 Å². The molecule has 0 bridgehead atoms. The molecule has 2 aromatic carbocycles. The molecule has 1 aliphatic heterocycles. The number of methoxy groups -OCH3 is 1. The van der Waals surface area contributed by atoms with E-state index < -0.39 is 12.0 Å². The van der Waals surface area contributed by atoms with Crippen molar-refractivity contribution < 1.29 is 18.7 Å². The molecule has 5 rings (SSSR count). The number of halogens is 3. The lowest BCUT2D eigenvalue weighted by Crippen LogP contribution is -2.40. The zero-order valence-electron chi connectivity index (χ0n) is 22.4. The molecule has 0 fully saturated rings. The second-order valence-electron chi connectivity index (χ2n) is 9.10. The van der Waals surface area contributed by atoms with Crippen LogP contribution in [0.25, 0.3) is 17.4 Å². The number of fused-ring (bicyclic) bond motifs is 1. The van der Waals surface area contributed by atoms with Crippen molar-refractivity contribution in [2.45, 2.75) is 32.7 Å². The van der Waals surface area contributed by atoms with Crippen LogP contribution in [0.4, 0.5) is 0 Å². The van der Waals surface area contributed by atoms with Crippen molar-refractivity contribution in [2.24, 2.45) is 4.99 Å². The summed E-state index contributed by atoms with van der Waals surface area (Å²) >= 11 is 20.1. The fraction of sp³-hybridized carbons (Fsp3) is 0.233. The Morgan fingerprint density at radius 2 is 1.95 bits per heavy atom. The van der Waals surface area contributed by atoms with E-state index in [1.165, 1.54) is 23.0 Å². The van der Waals surface area contributed by atoms with Gasteiger partial charge in [-0.3, -0.25) is 9.36 Å². The van der Waals surface area contributed by atoms with Crippen LogP contribution in [0.3, 0.4) is 0 Å². The van der Waals surface area contributed by atoms with Crippen molar-refractivity contribution in [3.05, 3.63) is 106 Å². The minimum absolute atomic E-state index is 0.170. The number of ether oxygens (including phenoxy) is 2. The average molecular weight is 632 g/mol. The number of rotatable bonds is 8. The first-order valence-corrected chi connectivity index (χ1v) is 14.8. The first-order chi connectivity index (χ1) is 19.8. The second kappa shape index (κ2) is 12.3. The van der Waals surface area contributed by atoms with E-state index in [0.29, 0.717) is 64.9 Å². The van der Waals surface area contributed by atoms with Gasteiger partial charge in [0.15, 0.2) is 4.80 Å². The number of benzene rings is 2. The molecule has 0 saturated carbocycles. The van der Waals surface area contributed by atoms with Crippen LogP contribution in [0, 0.1) is 0 Å². The van der Waals surface area contributed by atoms with E-state index in [-0.39, 0.29) is 17.7 Å². The Bertz CT molecular complexity index is 1850. The van der Waals surface area contributed by atoms with Gasteiger partial charge in [-0.25, -0.2) is 9.79 Å². The Balaban J connectivity index is 1.72. The highest BCUT2D eigenvalue weighted by molar-refractivity contribution is 7.07. The summed E-state index contributed by atoms with van der Waals surface area (Å²) in [6, 6.07) is 13.0. The van der Waals surface area contributed by atoms with Gasteiger partial charge in [-0.2, -0.15) is 0 Å². The van der Waals surface area contributed by atoms with Gasteiger partial charge in [0.25, 0.3) is 5.56 Å². The number of allylic oxidation sites excluding steroid dienone is 1. The summed E-state index contributed by atoms with van der Waals surface area (Å²) in [5.41, 5.74) is 1.68. The highest BCUT2D eigenvalue weighted by atomic mass is 35.5. The third-order valence-corrected chi connectivity index (χ3v) is 8.53. The zero-order chi connectivity index (χ0) is 29.3. The smallest absolute Gasteiger partial charge is 0.338 e. The molecule has 0 unspecified atom stereocenters. The van der Waals surface area contributed by atoms with Gasteiger partial charge >= 0.3 is 5.97 Å². The van der Waals surface area contributed by atoms with Crippen molar-refractivity contribution in [3.63, 3.8) is 0 Å². The molecule has 11 heteroatoms. The minimum atomic E-state index is -0.861. The Morgan fingerprint density at radius 1 is 1.15 bits per heavy atom. The number of aromatic nitrogens is 1. The Hall–Kier alpha value is -3.30. The summed E-state index contributed by atoms with van der Waals surface area (Å²) in [6.45, 7) is 3.90. The number of thiazole rings is 1. The van der Waals surface area contributed by atoms with Gasteiger partial charge in [0.2, 0.25) is 0 Å². The van der Waals surface area contributed by atoms with Crippen LogP contribution in [-0.2, 0) is 9.53 Å². The second-order valence-corrected chi connectivity index (χ2v) is 11.3. The van der Waals surface area contributed by atoms with Crippen molar-refractivity contribution in [1.29, 1.82) is 0 Å². The fourth-order valence-electron chi connectivity index (χ4n) is 4.73. The molecule has 0 amide bonds. The molecule has 0 radical (unpaired) electrons. The summed E-state index contributed by atoms with van der Waals surface area (Å²) in [7, 11) is 1.53. The topological polar surface area (TPSA) is 83.0 Å². The molecule has 0 N–H and O–H groups in total. The Morgan fingerprint density at radius 3 is 2.68 bits per heavy atom. The van der Waals surface area contributed by atoms with E-state index in [1.807, 2.05) is 6.92 Å². The number of furan rings is 1. The van der Waals surface area contributed by atoms with Gasteiger partial charge < -0.3 is 13.9 Å². The molecule has 7 nitrogen and oxygen atoms in total. The van der Waals surface area contributed by atoms with Crippen LogP contribution in [0.5, 0.6) is 5.75 Å². The number of carbonyl (C=O) groups is 1. The lowest BCUT2D eigenvalue weighted by molar-refractivity contribution is -0.139. The van der Waals surface area contributed by atoms with Gasteiger partial charge in [-0.05, 0) is 55.8 Å². The molecule has 1 atom stereocenters. The molecule has 1 aliphatic rings. The van der Waals surface area contributed by atoms with Crippen molar-refractivity contribution in [1.82, 2.24) is 4.57 Å². The van der Waals surface area contributed by atoms with Crippen LogP contribution in [0.2, 0.25) is 15.1 Å². The minimum Gasteiger partial charge on any atom is -0.496 e. The molecule has 212 valence electrons. The van der Waals surface area contributed by atoms with Crippen LogP contribution in [0.15, 0.2) is 74.0 Å². The molecular weight excluding hydrogens is 607 g/mol. The van der Waals surface area contributed by atoms with Gasteiger partial charge in [0, 0.05) is 22.2 Å². The number of hydrogen-bond acceptors (Lipinski definition) is 7. The largest absolute Gasteiger partial charge is 0.496 e. The Labute approximate surface area is 254 Å². The van der Waals surface area contributed by atoms with Gasteiger partial charge in [-0.1, -0.05) is 65.6 Å². The maximum Gasteiger partial charge on any atom is 0.338 e. The fourth-order valence-corrected chi connectivity index (χ4v) is 6.31.